The Hall–Kier alpha value is -2.07. The van der Waals surface area contributed by atoms with Gasteiger partial charge in [0.2, 0.25) is 5.91 Å². The van der Waals surface area contributed by atoms with Gasteiger partial charge in [0.05, 0.1) is 13.0 Å². The zero-order chi connectivity index (χ0) is 17.4. The quantitative estimate of drug-likeness (QED) is 0.829. The van der Waals surface area contributed by atoms with Crippen molar-refractivity contribution in [2.24, 2.45) is 0 Å². The highest BCUT2D eigenvalue weighted by Gasteiger charge is 2.29. The van der Waals surface area contributed by atoms with Gasteiger partial charge < -0.3 is 9.64 Å². The van der Waals surface area contributed by atoms with Gasteiger partial charge >= 0.3 is 0 Å². The summed E-state index contributed by atoms with van der Waals surface area (Å²) in [7, 11) is 0. The van der Waals surface area contributed by atoms with Crippen molar-refractivity contribution in [2.75, 3.05) is 19.7 Å². The number of carbonyl (C=O) groups excluding carboxylic acids is 1. The molecule has 1 atom stereocenters. The molecule has 2 heterocycles. The fraction of sp³-hybridized carbons (Fsp3) is 0.350. The molecule has 2 aliphatic heterocycles. The minimum absolute atomic E-state index is 0.0102. The predicted octanol–water partition coefficient (Wildman–Crippen LogP) is 3.97. The van der Waals surface area contributed by atoms with Gasteiger partial charge in [-0.3, -0.25) is 4.79 Å². The van der Waals surface area contributed by atoms with Crippen LogP contribution in [0.1, 0.15) is 29.0 Å². The van der Waals surface area contributed by atoms with Gasteiger partial charge in [-0.1, -0.05) is 29.8 Å². The number of likely N-dealkylation sites (tertiary alicyclic amines) is 1. The number of carbonyl (C=O) groups is 1. The van der Waals surface area contributed by atoms with Crippen LogP contribution in [0.2, 0.25) is 5.02 Å². The number of halogens is 2. The van der Waals surface area contributed by atoms with Gasteiger partial charge in [-0.25, -0.2) is 4.39 Å². The van der Waals surface area contributed by atoms with Crippen molar-refractivity contribution in [3.8, 4) is 5.75 Å². The molecule has 2 aromatic rings. The van der Waals surface area contributed by atoms with Gasteiger partial charge in [0.15, 0.2) is 0 Å². The Morgan fingerprint density at radius 2 is 2.20 bits per heavy atom. The number of nitrogens with zero attached hydrogens (tertiary/aromatic N) is 1. The third kappa shape index (κ3) is 3.23. The molecule has 0 radical (unpaired) electrons. The summed E-state index contributed by atoms with van der Waals surface area (Å²) in [5.74, 6) is 0.809. The lowest BCUT2D eigenvalue weighted by Gasteiger charge is -2.18. The fourth-order valence-corrected chi connectivity index (χ4v) is 3.91. The lowest BCUT2D eigenvalue weighted by Crippen LogP contribution is -2.30. The molecule has 1 fully saturated rings. The summed E-state index contributed by atoms with van der Waals surface area (Å²) in [6.07, 6.45) is 1.89. The topological polar surface area (TPSA) is 29.5 Å². The first-order valence-corrected chi connectivity index (χ1v) is 8.96. The normalized spacial score (nSPS) is 19.0. The predicted molar refractivity (Wildman–Crippen MR) is 94.7 cm³/mol. The highest BCUT2D eigenvalue weighted by Crippen LogP contribution is 2.33. The van der Waals surface area contributed by atoms with Crippen LogP contribution in [0, 0.1) is 5.82 Å². The Kier molecular flexibility index (Phi) is 4.38. The van der Waals surface area contributed by atoms with Crippen molar-refractivity contribution in [1.29, 1.82) is 0 Å². The van der Waals surface area contributed by atoms with E-state index in [0.29, 0.717) is 24.0 Å². The molecule has 2 aromatic carbocycles. The largest absolute Gasteiger partial charge is 0.493 e. The minimum Gasteiger partial charge on any atom is -0.493 e. The van der Waals surface area contributed by atoms with E-state index < -0.39 is 5.82 Å². The number of fused-ring (bicyclic) bond motifs is 1. The van der Waals surface area contributed by atoms with Gasteiger partial charge in [0.25, 0.3) is 0 Å². The zero-order valence-electron chi connectivity index (χ0n) is 13.8. The van der Waals surface area contributed by atoms with Crippen LogP contribution >= 0.6 is 11.6 Å². The van der Waals surface area contributed by atoms with Crippen LogP contribution in [0.5, 0.6) is 5.75 Å². The first-order chi connectivity index (χ1) is 12.1. The molecule has 0 N–H and O–H groups in total. The maximum atomic E-state index is 13.9. The lowest BCUT2D eigenvalue weighted by molar-refractivity contribution is -0.129. The average Bonchev–Trinajstić information content (AvgIpc) is 3.26. The average molecular weight is 360 g/mol. The summed E-state index contributed by atoms with van der Waals surface area (Å²) in [6.45, 7) is 2.12. The summed E-state index contributed by atoms with van der Waals surface area (Å²) in [6, 6.07) is 10.8. The molecule has 5 heteroatoms. The molecule has 0 aromatic heterocycles. The van der Waals surface area contributed by atoms with Crippen LogP contribution < -0.4 is 4.74 Å². The molecule has 0 spiro atoms. The Bertz CT molecular complexity index is 803. The molecule has 1 amide bonds. The second-order valence-corrected chi connectivity index (χ2v) is 7.08. The SMILES string of the molecule is O=C(Cc1c(F)cccc1Cl)N1CC[C@H](c2ccc3c(c2)CCO3)C1. The molecule has 0 unspecified atom stereocenters. The second-order valence-electron chi connectivity index (χ2n) is 6.67. The van der Waals surface area contributed by atoms with Crippen molar-refractivity contribution in [1.82, 2.24) is 4.90 Å². The molecule has 0 aliphatic carbocycles. The second kappa shape index (κ2) is 6.68. The molecular formula is C20H19ClFNO2. The Morgan fingerprint density at radius 3 is 3.04 bits per heavy atom. The van der Waals surface area contributed by atoms with E-state index in [4.69, 9.17) is 16.3 Å². The number of amides is 1. The highest BCUT2D eigenvalue weighted by molar-refractivity contribution is 6.31. The van der Waals surface area contributed by atoms with Crippen molar-refractivity contribution in [3.63, 3.8) is 0 Å². The summed E-state index contributed by atoms with van der Waals surface area (Å²) in [5.41, 5.74) is 2.79. The summed E-state index contributed by atoms with van der Waals surface area (Å²) >= 11 is 6.04. The van der Waals surface area contributed by atoms with E-state index >= 15 is 0 Å². The van der Waals surface area contributed by atoms with Crippen molar-refractivity contribution in [3.05, 3.63) is 63.9 Å². The van der Waals surface area contributed by atoms with Crippen LogP contribution in [0.3, 0.4) is 0 Å². The summed E-state index contributed by atoms with van der Waals surface area (Å²) < 4.78 is 19.5. The lowest BCUT2D eigenvalue weighted by atomic mass is 9.96. The first-order valence-electron chi connectivity index (χ1n) is 8.58. The van der Waals surface area contributed by atoms with Crippen LogP contribution in [0.25, 0.3) is 0 Å². The maximum Gasteiger partial charge on any atom is 0.227 e. The minimum atomic E-state index is -0.421. The van der Waals surface area contributed by atoms with Crippen LogP contribution in [0.15, 0.2) is 36.4 Å². The van der Waals surface area contributed by atoms with E-state index in [1.807, 2.05) is 11.0 Å². The summed E-state index contributed by atoms with van der Waals surface area (Å²) in [5, 5.41) is 0.308. The molecule has 130 valence electrons. The van der Waals surface area contributed by atoms with Crippen molar-refractivity contribution < 1.29 is 13.9 Å². The Balaban J connectivity index is 1.44. The smallest absolute Gasteiger partial charge is 0.227 e. The molecule has 25 heavy (non-hydrogen) atoms. The fourth-order valence-electron chi connectivity index (χ4n) is 3.68. The third-order valence-electron chi connectivity index (χ3n) is 5.12. The van der Waals surface area contributed by atoms with E-state index in [1.165, 1.54) is 17.2 Å². The standard InChI is InChI=1S/C20H19ClFNO2/c21-17-2-1-3-18(22)16(17)11-20(24)23-8-6-15(12-23)13-4-5-19-14(10-13)7-9-25-19/h1-5,10,15H,6-9,11-12H2/t15-/m0/s1. The molecule has 4 rings (SSSR count). The molecule has 3 nitrogen and oxygen atoms in total. The van der Waals surface area contributed by atoms with E-state index in [9.17, 15) is 9.18 Å². The van der Waals surface area contributed by atoms with Gasteiger partial charge in [-0.15, -0.1) is 0 Å². The van der Waals surface area contributed by atoms with Crippen molar-refractivity contribution >= 4 is 17.5 Å². The van der Waals surface area contributed by atoms with Crippen LogP contribution in [-0.4, -0.2) is 30.5 Å². The Labute approximate surface area is 151 Å². The number of benzene rings is 2. The van der Waals surface area contributed by atoms with Gasteiger partial charge in [0.1, 0.15) is 11.6 Å². The zero-order valence-corrected chi connectivity index (χ0v) is 14.6. The van der Waals surface area contributed by atoms with E-state index in [-0.39, 0.29) is 17.9 Å². The van der Waals surface area contributed by atoms with E-state index in [1.54, 1.807) is 12.1 Å². The molecule has 2 aliphatic rings. The van der Waals surface area contributed by atoms with Crippen LogP contribution in [0.4, 0.5) is 4.39 Å². The highest BCUT2D eigenvalue weighted by atomic mass is 35.5. The van der Waals surface area contributed by atoms with E-state index in [2.05, 4.69) is 12.1 Å². The monoisotopic (exact) mass is 359 g/mol. The third-order valence-corrected chi connectivity index (χ3v) is 5.47. The molecular weight excluding hydrogens is 341 g/mol. The maximum absolute atomic E-state index is 13.9. The van der Waals surface area contributed by atoms with Gasteiger partial charge in [-0.2, -0.15) is 0 Å². The van der Waals surface area contributed by atoms with E-state index in [0.717, 1.165) is 25.2 Å². The number of hydrogen-bond acceptors (Lipinski definition) is 2. The molecule has 1 saturated heterocycles. The first kappa shape index (κ1) is 16.4. The van der Waals surface area contributed by atoms with Crippen LogP contribution in [-0.2, 0) is 17.6 Å². The van der Waals surface area contributed by atoms with Crippen molar-refractivity contribution in [2.45, 2.75) is 25.2 Å². The Morgan fingerprint density at radius 1 is 1.32 bits per heavy atom. The van der Waals surface area contributed by atoms with Gasteiger partial charge in [0, 0.05) is 36.0 Å². The number of ether oxygens (including phenoxy) is 1. The van der Waals surface area contributed by atoms with Gasteiger partial charge in [-0.05, 0) is 35.7 Å². The summed E-state index contributed by atoms with van der Waals surface area (Å²) in [4.78, 5) is 14.4. The molecule has 0 saturated carbocycles. The number of rotatable bonds is 3. The molecule has 0 bridgehead atoms. The number of hydrogen-bond donors (Lipinski definition) is 0.